The first-order valence-electron chi connectivity index (χ1n) is 18.8. The van der Waals surface area contributed by atoms with Crippen molar-refractivity contribution in [2.45, 2.75) is 116 Å². The first-order valence-corrected chi connectivity index (χ1v) is 18.8. The Morgan fingerprint density at radius 3 is 1.60 bits per heavy atom. The summed E-state index contributed by atoms with van der Waals surface area (Å²) < 4.78 is 0. The molecule has 8 amide bonds. The summed E-state index contributed by atoms with van der Waals surface area (Å²) in [4.78, 5) is 117. The molecule has 0 aliphatic carbocycles. The van der Waals surface area contributed by atoms with E-state index in [1.807, 2.05) is 13.8 Å². The normalized spacial score (nSPS) is 17.6. The Morgan fingerprint density at radius 1 is 0.614 bits per heavy atom. The maximum Gasteiger partial charge on any atom is 0.328 e. The highest BCUT2D eigenvalue weighted by molar-refractivity contribution is 5.98. The number of aliphatic carboxylic acids is 1. The number of nitrogens with zero attached hydrogens (tertiary/aromatic N) is 1. The van der Waals surface area contributed by atoms with Gasteiger partial charge in [-0.1, -0.05) is 41.5 Å². The summed E-state index contributed by atoms with van der Waals surface area (Å²) in [5.74, 6) is -9.17. The highest BCUT2D eigenvalue weighted by Crippen LogP contribution is 2.20. The van der Waals surface area contributed by atoms with Crippen LogP contribution in [0.5, 0.6) is 0 Å². The zero-order valence-electron chi connectivity index (χ0n) is 33.5. The second kappa shape index (κ2) is 24.0. The van der Waals surface area contributed by atoms with Crippen molar-refractivity contribution in [3.05, 3.63) is 0 Å². The van der Waals surface area contributed by atoms with Gasteiger partial charge >= 0.3 is 5.97 Å². The first-order chi connectivity index (χ1) is 26.6. The lowest BCUT2D eigenvalue weighted by atomic mass is 10.0. The summed E-state index contributed by atoms with van der Waals surface area (Å²) in [5, 5.41) is 55.0. The molecule has 0 bridgehead atoms. The molecule has 22 heteroatoms. The molecule has 0 saturated carbocycles. The summed E-state index contributed by atoms with van der Waals surface area (Å²) in [5.41, 5.74) is 5.37. The van der Waals surface area contributed by atoms with Gasteiger partial charge in [0.05, 0.1) is 26.4 Å². The summed E-state index contributed by atoms with van der Waals surface area (Å²) in [6.07, 6.45) is 0.776. The van der Waals surface area contributed by atoms with Crippen molar-refractivity contribution in [2.24, 2.45) is 23.5 Å². The van der Waals surface area contributed by atoms with Gasteiger partial charge in [0.1, 0.15) is 48.3 Å². The summed E-state index contributed by atoms with van der Waals surface area (Å²) in [6, 6.07) is -10.7. The average molecular weight is 816 g/mol. The van der Waals surface area contributed by atoms with Crippen LogP contribution in [-0.4, -0.2) is 160 Å². The van der Waals surface area contributed by atoms with Crippen molar-refractivity contribution in [2.75, 3.05) is 32.9 Å². The molecule has 1 aliphatic rings. The van der Waals surface area contributed by atoms with Crippen LogP contribution >= 0.6 is 0 Å². The minimum atomic E-state index is -1.62. The number of nitrogens with two attached hydrogens (primary N) is 1. The van der Waals surface area contributed by atoms with E-state index in [0.717, 1.165) is 0 Å². The summed E-state index contributed by atoms with van der Waals surface area (Å²) >= 11 is 0. The van der Waals surface area contributed by atoms with Crippen LogP contribution in [0.2, 0.25) is 0 Å². The highest BCUT2D eigenvalue weighted by atomic mass is 16.4. The van der Waals surface area contributed by atoms with Crippen LogP contribution in [0.15, 0.2) is 0 Å². The van der Waals surface area contributed by atoms with Crippen LogP contribution in [0.4, 0.5) is 0 Å². The monoisotopic (exact) mass is 815 g/mol. The van der Waals surface area contributed by atoms with Gasteiger partial charge in [-0.25, -0.2) is 4.79 Å². The van der Waals surface area contributed by atoms with E-state index in [9.17, 15) is 53.4 Å². The largest absolute Gasteiger partial charge is 0.480 e. The van der Waals surface area contributed by atoms with Crippen LogP contribution in [0.3, 0.4) is 0 Å². The second-order valence-corrected chi connectivity index (χ2v) is 14.9. The van der Waals surface area contributed by atoms with E-state index in [4.69, 9.17) is 15.9 Å². The number of carboxylic acids is 1. The molecule has 0 unspecified atom stereocenters. The van der Waals surface area contributed by atoms with Gasteiger partial charge in [0, 0.05) is 6.54 Å². The Kier molecular flexibility index (Phi) is 21.1. The molecule has 0 aromatic heterocycles. The fourth-order valence-electron chi connectivity index (χ4n) is 5.80. The van der Waals surface area contributed by atoms with E-state index < -0.39 is 133 Å². The van der Waals surface area contributed by atoms with E-state index in [-0.39, 0.29) is 31.8 Å². The van der Waals surface area contributed by atoms with Crippen LogP contribution in [0, 0.1) is 17.8 Å². The van der Waals surface area contributed by atoms with Crippen LogP contribution in [0.1, 0.15) is 67.7 Å². The number of likely N-dealkylation sites (tertiary alicyclic amines) is 1. The maximum absolute atomic E-state index is 13.6. The van der Waals surface area contributed by atoms with Crippen LogP contribution in [-0.2, 0) is 43.2 Å². The zero-order chi connectivity index (χ0) is 43.7. The number of amides is 8. The van der Waals surface area contributed by atoms with Crippen molar-refractivity contribution in [3.63, 3.8) is 0 Å². The SMILES string of the molecule is CC(C)C[C@H](NC(=O)CN)C(=O)N[C@@H](CO)C(=O)N1CCC[C@H]1C(=O)N[C@H](C(=O)N[C@@H](CO)C(=O)N[C@H](C(=O)N[C@@H](C)C(=O)N[C@@H](CO)C(=O)O)C(C)C)C(C)C. The zero-order valence-corrected chi connectivity index (χ0v) is 33.5. The molecule has 0 aromatic rings. The molecule has 57 heavy (non-hydrogen) atoms. The minimum Gasteiger partial charge on any atom is -0.480 e. The van der Waals surface area contributed by atoms with E-state index in [2.05, 4.69) is 37.2 Å². The number of carboxylic acid groups (broad SMARTS) is 1. The fraction of sp³-hybridized carbons (Fsp3) is 0.743. The molecule has 324 valence electrons. The number of hydrogen-bond donors (Lipinski definition) is 12. The van der Waals surface area contributed by atoms with Crippen molar-refractivity contribution < 1.29 is 63.6 Å². The van der Waals surface area contributed by atoms with Gasteiger partial charge in [-0.3, -0.25) is 38.4 Å². The van der Waals surface area contributed by atoms with Gasteiger partial charge in [0.2, 0.25) is 47.3 Å². The Balaban J connectivity index is 3.05. The molecule has 1 heterocycles. The number of aliphatic hydroxyl groups is 3. The predicted molar refractivity (Wildman–Crippen MR) is 201 cm³/mol. The maximum atomic E-state index is 13.6. The van der Waals surface area contributed by atoms with Crippen molar-refractivity contribution in [1.29, 1.82) is 0 Å². The molecule has 1 aliphatic heterocycles. The lowest BCUT2D eigenvalue weighted by Crippen LogP contribution is -2.62. The summed E-state index contributed by atoms with van der Waals surface area (Å²) in [7, 11) is 0. The topological polar surface area (TPSA) is 348 Å². The number of hydrogen-bond acceptors (Lipinski definition) is 13. The third-order valence-corrected chi connectivity index (χ3v) is 9.04. The molecular weight excluding hydrogens is 754 g/mol. The van der Waals surface area contributed by atoms with Gasteiger partial charge in [-0.05, 0) is 43.9 Å². The Labute approximate surface area is 331 Å². The quantitative estimate of drug-likeness (QED) is 0.0459. The Hall–Kier alpha value is -4.93. The lowest BCUT2D eigenvalue weighted by Gasteiger charge is -2.31. The van der Waals surface area contributed by atoms with Crippen molar-refractivity contribution in [1.82, 2.24) is 42.1 Å². The van der Waals surface area contributed by atoms with Crippen molar-refractivity contribution in [3.8, 4) is 0 Å². The summed E-state index contributed by atoms with van der Waals surface area (Å²) in [6.45, 7) is 8.30. The van der Waals surface area contributed by atoms with E-state index >= 15 is 0 Å². The Bertz CT molecular complexity index is 1440. The third kappa shape index (κ3) is 15.5. The molecule has 22 nitrogen and oxygen atoms in total. The molecule has 0 aromatic carbocycles. The van der Waals surface area contributed by atoms with Crippen molar-refractivity contribution >= 4 is 53.2 Å². The Morgan fingerprint density at radius 2 is 1.11 bits per heavy atom. The lowest BCUT2D eigenvalue weighted by molar-refractivity contribution is -0.143. The second-order valence-electron chi connectivity index (χ2n) is 14.9. The van der Waals surface area contributed by atoms with Gasteiger partial charge in [-0.15, -0.1) is 0 Å². The standard InChI is InChI=1S/C35H61N9O13/c1-16(2)11-20(38-25(48)12-36)29(50)40-22(14-46)34(55)44-10-8-9-24(44)31(52)43-27(18(5)6)33(54)39-21(13-45)30(51)42-26(17(3)4)32(53)37-19(7)28(49)41-23(15-47)35(56)57/h16-24,26-27,45-47H,8-15,36H2,1-7H3,(H,37,53)(H,38,48)(H,39,54)(H,40,50)(H,41,49)(H,42,51)(H,43,52)(H,56,57)/t19-,20-,21-,22-,23-,24-,26-,27-/m0/s1. The first kappa shape index (κ1) is 50.1. The molecule has 0 spiro atoms. The number of carbonyl (C=O) groups is 9. The molecular formula is C35H61N9O13. The number of carbonyl (C=O) groups excluding carboxylic acids is 8. The molecule has 1 fully saturated rings. The van der Waals surface area contributed by atoms with E-state index in [1.54, 1.807) is 27.7 Å². The molecule has 13 N–H and O–H groups in total. The third-order valence-electron chi connectivity index (χ3n) is 9.04. The number of nitrogens with one attached hydrogen (secondary N) is 7. The smallest absolute Gasteiger partial charge is 0.328 e. The fourth-order valence-corrected chi connectivity index (χ4v) is 5.80. The van der Waals surface area contributed by atoms with Gasteiger partial charge in [0.15, 0.2) is 0 Å². The van der Waals surface area contributed by atoms with Crippen LogP contribution < -0.4 is 43.0 Å². The number of rotatable bonds is 23. The average Bonchev–Trinajstić information content (AvgIpc) is 3.64. The van der Waals surface area contributed by atoms with E-state index in [1.165, 1.54) is 11.8 Å². The van der Waals surface area contributed by atoms with E-state index in [0.29, 0.717) is 6.42 Å². The predicted octanol–water partition coefficient (Wildman–Crippen LogP) is -5.23. The van der Waals surface area contributed by atoms with Gasteiger partial charge < -0.3 is 68.3 Å². The molecule has 1 rings (SSSR count). The van der Waals surface area contributed by atoms with Gasteiger partial charge in [-0.2, -0.15) is 0 Å². The highest BCUT2D eigenvalue weighted by Gasteiger charge is 2.40. The number of aliphatic hydroxyl groups excluding tert-OH is 3. The molecule has 1 saturated heterocycles. The minimum absolute atomic E-state index is 0.0305. The van der Waals surface area contributed by atoms with Gasteiger partial charge in [0.25, 0.3) is 0 Å². The van der Waals surface area contributed by atoms with Crippen LogP contribution in [0.25, 0.3) is 0 Å². The molecule has 0 radical (unpaired) electrons. The molecule has 8 atom stereocenters.